The highest BCUT2D eigenvalue weighted by Gasteiger charge is 2.30. The fourth-order valence-corrected chi connectivity index (χ4v) is 8.25. The quantitative estimate of drug-likeness (QED) is 0.157. The molecule has 0 atom stereocenters. The van der Waals surface area contributed by atoms with E-state index in [4.69, 9.17) is 21.5 Å². The summed E-state index contributed by atoms with van der Waals surface area (Å²) in [6.07, 6.45) is 0. The van der Waals surface area contributed by atoms with Crippen LogP contribution in [0, 0.1) is 50.0 Å². The molecule has 0 aliphatic carbocycles. The van der Waals surface area contributed by atoms with Gasteiger partial charge in [-0.2, -0.15) is 10.5 Å². The van der Waals surface area contributed by atoms with Crippen molar-refractivity contribution in [3.05, 3.63) is 185 Å². The summed E-state index contributed by atoms with van der Waals surface area (Å²) >= 11 is 0. The van der Waals surface area contributed by atoms with Crippen molar-refractivity contribution >= 4 is 38.8 Å². The van der Waals surface area contributed by atoms with Gasteiger partial charge >= 0.3 is 0 Å². The van der Waals surface area contributed by atoms with E-state index in [1.54, 1.807) is 0 Å². The molecule has 282 valence electrons. The van der Waals surface area contributed by atoms with Gasteiger partial charge < -0.3 is 0 Å². The average molecular weight is 772 g/mol. The van der Waals surface area contributed by atoms with Crippen molar-refractivity contribution in [1.82, 2.24) is 28.7 Å². The molecule has 3 aromatic heterocycles. The van der Waals surface area contributed by atoms with Gasteiger partial charge in [0, 0.05) is 33.8 Å². The molecule has 0 amide bonds. The second kappa shape index (κ2) is 14.1. The van der Waals surface area contributed by atoms with Crippen LogP contribution in [0.5, 0.6) is 0 Å². The maximum atomic E-state index is 9.89. The van der Waals surface area contributed by atoms with E-state index < -0.39 is 0 Å². The van der Waals surface area contributed by atoms with Crippen LogP contribution in [0.25, 0.3) is 89.2 Å². The van der Waals surface area contributed by atoms with E-state index in [0.717, 1.165) is 67.0 Å². The molecule has 0 saturated carbocycles. The van der Waals surface area contributed by atoms with Crippen LogP contribution in [0.3, 0.4) is 0 Å². The summed E-state index contributed by atoms with van der Waals surface area (Å²) in [6, 6.07) is 52.6. The highest BCUT2D eigenvalue weighted by atomic mass is 15.2. The summed E-state index contributed by atoms with van der Waals surface area (Å²) in [5, 5.41) is 19.8. The van der Waals surface area contributed by atoms with Gasteiger partial charge in [-0.3, -0.25) is 13.7 Å². The Morgan fingerprint density at radius 1 is 0.450 bits per heavy atom. The van der Waals surface area contributed by atoms with Crippen LogP contribution in [0.2, 0.25) is 0 Å². The summed E-state index contributed by atoms with van der Waals surface area (Å²) in [5.74, 6) is 2.05. The number of nitrogens with zero attached hydrogens (tertiary/aromatic N) is 9. The number of imidazole rings is 3. The third kappa shape index (κ3) is 5.56. The van der Waals surface area contributed by atoms with E-state index in [2.05, 4.69) is 67.1 Å². The first kappa shape index (κ1) is 35.8. The molecule has 0 aliphatic heterocycles. The van der Waals surface area contributed by atoms with Crippen LogP contribution in [-0.2, 0) is 0 Å². The summed E-state index contributed by atoms with van der Waals surface area (Å²) in [7, 11) is 0. The third-order valence-corrected chi connectivity index (χ3v) is 11.1. The number of hydrogen-bond donors (Lipinski definition) is 0. The van der Waals surface area contributed by atoms with Crippen LogP contribution >= 0.6 is 0 Å². The molecule has 9 nitrogen and oxygen atoms in total. The predicted molar refractivity (Wildman–Crippen MR) is 237 cm³/mol. The number of hydrogen-bond acceptors (Lipinski definition) is 5. The molecule has 3 heterocycles. The van der Waals surface area contributed by atoms with Gasteiger partial charge in [-0.25, -0.2) is 19.8 Å². The molecular formula is C51H33N9. The predicted octanol–water partition coefficient (Wildman–Crippen LogP) is 11.9. The van der Waals surface area contributed by atoms with Crippen LogP contribution in [-0.4, -0.2) is 28.7 Å². The number of rotatable bonds is 6. The third-order valence-electron chi connectivity index (χ3n) is 11.1. The molecule has 7 aromatic carbocycles. The smallest absolute Gasteiger partial charge is 0.190 e. The summed E-state index contributed by atoms with van der Waals surface area (Å²) < 4.78 is 6.52. The fourth-order valence-electron chi connectivity index (χ4n) is 8.25. The van der Waals surface area contributed by atoms with Crippen molar-refractivity contribution in [3.63, 3.8) is 0 Å². The molecule has 10 aromatic rings. The molecule has 0 spiro atoms. The van der Waals surface area contributed by atoms with E-state index >= 15 is 0 Å². The maximum absolute atomic E-state index is 9.89. The standard InChI is InChI=1S/C51H33N9/c1-31-26-34(20-22-37(31)29-52)49-55-43-46-44(56-50(58(46)39-14-8-5-9-15-39)35-21-23-38(30-53)32(2)27-35)48-45(47(43)59(49)40-16-10-6-11-17-40)57-51(60(48)41-18-12-7-13-19-41)36-24-25-42(54-4)33(3)28-36/h5-28H,1-3H3. The minimum atomic E-state index is 0.583. The summed E-state index contributed by atoms with van der Waals surface area (Å²) in [6.45, 7) is 13.6. The molecule has 0 bridgehead atoms. The van der Waals surface area contributed by atoms with E-state index in [9.17, 15) is 10.5 Å². The van der Waals surface area contributed by atoms with Crippen LogP contribution in [0.1, 0.15) is 27.8 Å². The lowest BCUT2D eigenvalue weighted by molar-refractivity contribution is 1.10. The number of aryl methyl sites for hydroxylation is 3. The second-order valence-corrected chi connectivity index (χ2v) is 14.8. The molecule has 0 radical (unpaired) electrons. The SMILES string of the molecule is [C-]#[N+]c1ccc(-c2nc3c4c(nc(-c5ccc(C#N)c(C)c5)n4-c4ccccc4)c4c(nc(-c5ccc(C#N)c(C)c5)n4-c4ccccc4)c3n2-c2ccccc2)cc1C. The molecule has 0 fully saturated rings. The Balaban J connectivity index is 1.48. The Labute approximate surface area is 345 Å². The van der Waals surface area contributed by atoms with Gasteiger partial charge in [-0.1, -0.05) is 72.8 Å². The Morgan fingerprint density at radius 2 is 0.783 bits per heavy atom. The largest absolute Gasteiger partial charge is 0.290 e. The van der Waals surface area contributed by atoms with Gasteiger partial charge in [-0.15, -0.1) is 0 Å². The number of nitriles is 2. The molecule has 10 rings (SSSR count). The normalized spacial score (nSPS) is 11.2. The molecule has 0 unspecified atom stereocenters. The van der Waals surface area contributed by atoms with Gasteiger partial charge in [0.1, 0.15) is 50.6 Å². The number of fused-ring (bicyclic) bond motifs is 6. The van der Waals surface area contributed by atoms with Gasteiger partial charge in [0.2, 0.25) is 0 Å². The minimum absolute atomic E-state index is 0.583. The van der Waals surface area contributed by atoms with Crippen molar-refractivity contribution < 1.29 is 0 Å². The van der Waals surface area contributed by atoms with Crippen molar-refractivity contribution in [2.75, 3.05) is 0 Å². The van der Waals surface area contributed by atoms with Gasteiger partial charge in [-0.05, 0) is 110 Å². The lowest BCUT2D eigenvalue weighted by Crippen LogP contribution is -2.00. The van der Waals surface area contributed by atoms with E-state index in [0.29, 0.717) is 50.8 Å². The highest BCUT2D eigenvalue weighted by Crippen LogP contribution is 2.44. The molecule has 9 heteroatoms. The van der Waals surface area contributed by atoms with Crippen LogP contribution in [0.4, 0.5) is 5.69 Å². The molecular weight excluding hydrogens is 739 g/mol. The zero-order valence-corrected chi connectivity index (χ0v) is 32.9. The Bertz CT molecular complexity index is 3080. The van der Waals surface area contributed by atoms with Crippen molar-refractivity contribution in [1.29, 1.82) is 10.5 Å². The molecule has 0 N–H and O–H groups in total. The second-order valence-electron chi connectivity index (χ2n) is 14.8. The lowest BCUT2D eigenvalue weighted by Gasteiger charge is -2.13. The van der Waals surface area contributed by atoms with Crippen molar-refractivity contribution in [2.24, 2.45) is 0 Å². The highest BCUT2D eigenvalue weighted by molar-refractivity contribution is 6.22. The molecule has 0 aliphatic rings. The monoisotopic (exact) mass is 771 g/mol. The zero-order valence-electron chi connectivity index (χ0n) is 32.9. The fraction of sp³-hybridized carbons (Fsp3) is 0.0588. The van der Waals surface area contributed by atoms with Crippen molar-refractivity contribution in [2.45, 2.75) is 20.8 Å². The first-order valence-corrected chi connectivity index (χ1v) is 19.4. The van der Waals surface area contributed by atoms with Crippen LogP contribution < -0.4 is 0 Å². The summed E-state index contributed by atoms with van der Waals surface area (Å²) in [5.41, 5.74) is 13.9. The van der Waals surface area contributed by atoms with Gasteiger partial charge in [0.15, 0.2) is 5.69 Å². The number of aromatic nitrogens is 6. The molecule has 60 heavy (non-hydrogen) atoms. The Morgan fingerprint density at radius 3 is 1.08 bits per heavy atom. The lowest BCUT2D eigenvalue weighted by atomic mass is 10.1. The van der Waals surface area contributed by atoms with Gasteiger partial charge in [0.05, 0.1) is 29.8 Å². The molecule has 0 saturated heterocycles. The van der Waals surface area contributed by atoms with Crippen LogP contribution in [0.15, 0.2) is 146 Å². The first-order valence-electron chi connectivity index (χ1n) is 19.4. The van der Waals surface area contributed by atoms with E-state index in [1.165, 1.54) is 0 Å². The van der Waals surface area contributed by atoms with E-state index in [-0.39, 0.29) is 0 Å². The summed E-state index contributed by atoms with van der Waals surface area (Å²) in [4.78, 5) is 20.5. The first-order chi connectivity index (χ1) is 29.4. The average Bonchev–Trinajstić information content (AvgIpc) is 4.00. The number of benzene rings is 7. The number of para-hydroxylation sites is 3. The maximum Gasteiger partial charge on any atom is 0.190 e. The van der Waals surface area contributed by atoms with E-state index in [1.807, 2.05) is 130 Å². The Hall–Kier alpha value is -8.58. The zero-order chi connectivity index (χ0) is 41.1. The minimum Gasteiger partial charge on any atom is -0.290 e. The van der Waals surface area contributed by atoms with Crippen molar-refractivity contribution in [3.8, 4) is 63.4 Å². The topological polar surface area (TPSA) is 105 Å². The Kier molecular flexibility index (Phi) is 8.42. The van der Waals surface area contributed by atoms with Gasteiger partial charge in [0.25, 0.3) is 0 Å².